The Morgan fingerprint density at radius 2 is 2.14 bits per heavy atom. The number of aromatic carboxylic acids is 1. The predicted molar refractivity (Wildman–Crippen MR) is 73.8 cm³/mol. The van der Waals surface area contributed by atoms with Crippen LogP contribution in [0.25, 0.3) is 0 Å². The Morgan fingerprint density at radius 1 is 1.43 bits per heavy atom. The van der Waals surface area contributed by atoms with Gasteiger partial charge >= 0.3 is 5.97 Å². The number of furan rings is 1. The maximum absolute atomic E-state index is 14.0. The van der Waals surface area contributed by atoms with Crippen molar-refractivity contribution in [3.63, 3.8) is 0 Å². The van der Waals surface area contributed by atoms with Crippen LogP contribution in [0.15, 0.2) is 44.5 Å². The zero-order chi connectivity index (χ0) is 15.6. The lowest BCUT2D eigenvalue weighted by Crippen LogP contribution is -2.24. The minimum atomic E-state index is -4.21. The topological polar surface area (TPSA) is 96.6 Å². The van der Waals surface area contributed by atoms with Crippen LogP contribution >= 0.6 is 15.9 Å². The molecule has 2 aromatic rings. The monoisotopic (exact) mass is 377 g/mol. The number of hydrogen-bond acceptors (Lipinski definition) is 4. The van der Waals surface area contributed by atoms with Gasteiger partial charge < -0.3 is 9.52 Å². The highest BCUT2D eigenvalue weighted by Crippen LogP contribution is 2.24. The molecule has 0 radical (unpaired) electrons. The van der Waals surface area contributed by atoms with Gasteiger partial charge in [0.05, 0.1) is 18.1 Å². The van der Waals surface area contributed by atoms with Crippen LogP contribution in [0.1, 0.15) is 15.9 Å². The van der Waals surface area contributed by atoms with Gasteiger partial charge in [0.2, 0.25) is 10.0 Å². The largest absolute Gasteiger partial charge is 0.478 e. The van der Waals surface area contributed by atoms with E-state index in [1.165, 1.54) is 12.5 Å². The molecule has 1 heterocycles. The molecule has 9 heteroatoms. The van der Waals surface area contributed by atoms with E-state index in [2.05, 4.69) is 20.7 Å². The van der Waals surface area contributed by atoms with Crippen molar-refractivity contribution in [2.75, 3.05) is 0 Å². The first kappa shape index (κ1) is 15.7. The standard InChI is InChI=1S/C12H9BrFNO5S/c13-8-3-9(12(16)17)11(14)10(4-8)21(18,19)15-5-7-1-2-20-6-7/h1-4,6,15H,5H2,(H,16,17). The van der Waals surface area contributed by atoms with Gasteiger partial charge in [-0.2, -0.15) is 0 Å². The Labute approximate surface area is 127 Å². The quantitative estimate of drug-likeness (QED) is 0.833. The summed E-state index contributed by atoms with van der Waals surface area (Å²) in [4.78, 5) is 10.2. The fourth-order valence-corrected chi connectivity index (χ4v) is 3.31. The lowest BCUT2D eigenvalue weighted by Gasteiger charge is -2.09. The van der Waals surface area contributed by atoms with Crippen LogP contribution in [-0.2, 0) is 16.6 Å². The molecule has 0 fully saturated rings. The van der Waals surface area contributed by atoms with E-state index in [1.54, 1.807) is 6.07 Å². The van der Waals surface area contributed by atoms with Gasteiger partial charge in [-0.25, -0.2) is 22.3 Å². The summed E-state index contributed by atoms with van der Waals surface area (Å²) < 4.78 is 45.3. The molecule has 0 saturated carbocycles. The molecule has 112 valence electrons. The van der Waals surface area contributed by atoms with Crippen molar-refractivity contribution in [2.45, 2.75) is 11.4 Å². The molecule has 0 saturated heterocycles. The molecule has 0 aliphatic rings. The number of halogens is 2. The summed E-state index contributed by atoms with van der Waals surface area (Å²) in [5, 5.41) is 8.87. The molecule has 0 spiro atoms. The number of hydrogen-bond donors (Lipinski definition) is 2. The second-order valence-corrected chi connectivity index (χ2v) is 6.68. The van der Waals surface area contributed by atoms with Gasteiger partial charge in [0.25, 0.3) is 0 Å². The van der Waals surface area contributed by atoms with E-state index >= 15 is 0 Å². The Morgan fingerprint density at radius 3 is 2.71 bits per heavy atom. The van der Waals surface area contributed by atoms with Crippen molar-refractivity contribution >= 4 is 31.9 Å². The number of sulfonamides is 1. The van der Waals surface area contributed by atoms with Crippen molar-refractivity contribution in [1.29, 1.82) is 0 Å². The van der Waals surface area contributed by atoms with Crippen molar-refractivity contribution in [1.82, 2.24) is 4.72 Å². The van der Waals surface area contributed by atoms with E-state index in [1.807, 2.05) is 0 Å². The van der Waals surface area contributed by atoms with E-state index in [0.29, 0.717) is 5.56 Å². The van der Waals surface area contributed by atoms with Crippen LogP contribution in [0.2, 0.25) is 0 Å². The van der Waals surface area contributed by atoms with Crippen LogP contribution in [-0.4, -0.2) is 19.5 Å². The molecule has 0 atom stereocenters. The molecule has 2 rings (SSSR count). The maximum Gasteiger partial charge on any atom is 0.338 e. The van der Waals surface area contributed by atoms with E-state index in [-0.39, 0.29) is 11.0 Å². The molecule has 21 heavy (non-hydrogen) atoms. The minimum absolute atomic E-state index is 0.104. The molecule has 0 aliphatic heterocycles. The Hall–Kier alpha value is -1.71. The zero-order valence-electron chi connectivity index (χ0n) is 10.3. The molecule has 0 amide bonds. The molecule has 1 aromatic carbocycles. The van der Waals surface area contributed by atoms with E-state index in [4.69, 9.17) is 9.52 Å². The normalized spacial score (nSPS) is 11.5. The lowest BCUT2D eigenvalue weighted by atomic mass is 10.2. The Kier molecular flexibility index (Phi) is 4.45. The average Bonchev–Trinajstić information content (AvgIpc) is 2.91. The third-order valence-electron chi connectivity index (χ3n) is 2.57. The highest BCUT2D eigenvalue weighted by molar-refractivity contribution is 9.10. The minimum Gasteiger partial charge on any atom is -0.478 e. The molecule has 2 N–H and O–H groups in total. The van der Waals surface area contributed by atoms with Gasteiger partial charge in [-0.3, -0.25) is 0 Å². The lowest BCUT2D eigenvalue weighted by molar-refractivity contribution is 0.0691. The SMILES string of the molecule is O=C(O)c1cc(Br)cc(S(=O)(=O)NCc2ccoc2)c1F. The first-order valence-electron chi connectivity index (χ1n) is 5.54. The van der Waals surface area contributed by atoms with Gasteiger partial charge in [0.15, 0.2) is 5.82 Å². The van der Waals surface area contributed by atoms with Gasteiger partial charge in [-0.1, -0.05) is 15.9 Å². The summed E-state index contributed by atoms with van der Waals surface area (Å²) >= 11 is 2.96. The number of carboxylic acid groups (broad SMARTS) is 1. The number of benzene rings is 1. The van der Waals surface area contributed by atoms with Crippen LogP contribution in [0, 0.1) is 5.82 Å². The first-order chi connectivity index (χ1) is 9.81. The molecule has 0 bridgehead atoms. The van der Waals surface area contributed by atoms with Crippen LogP contribution in [0.5, 0.6) is 0 Å². The third-order valence-corrected chi connectivity index (χ3v) is 4.43. The van der Waals surface area contributed by atoms with E-state index in [0.717, 1.165) is 12.1 Å². The maximum atomic E-state index is 14.0. The Bertz CT molecular complexity index is 773. The van der Waals surface area contributed by atoms with Crippen molar-refractivity contribution in [3.05, 3.63) is 52.1 Å². The Balaban J connectivity index is 2.37. The average molecular weight is 378 g/mol. The fraction of sp³-hybridized carbons (Fsp3) is 0.0833. The van der Waals surface area contributed by atoms with Gasteiger partial charge in [-0.15, -0.1) is 0 Å². The summed E-state index contributed by atoms with van der Waals surface area (Å²) in [6, 6.07) is 3.54. The summed E-state index contributed by atoms with van der Waals surface area (Å²) in [5.41, 5.74) is -0.180. The van der Waals surface area contributed by atoms with Crippen molar-refractivity contribution in [2.24, 2.45) is 0 Å². The smallest absolute Gasteiger partial charge is 0.338 e. The highest BCUT2D eigenvalue weighted by atomic mass is 79.9. The predicted octanol–water partition coefficient (Wildman–Crippen LogP) is 2.36. The highest BCUT2D eigenvalue weighted by Gasteiger charge is 2.24. The summed E-state index contributed by atoms with van der Waals surface area (Å²) in [6.45, 7) is -0.104. The summed E-state index contributed by atoms with van der Waals surface area (Å²) in [7, 11) is -4.21. The number of rotatable bonds is 5. The van der Waals surface area contributed by atoms with Crippen molar-refractivity contribution in [3.8, 4) is 0 Å². The summed E-state index contributed by atoms with van der Waals surface area (Å²) in [6.07, 6.45) is 2.70. The third kappa shape index (κ3) is 3.49. The molecule has 0 aliphatic carbocycles. The number of carbonyl (C=O) groups is 1. The second kappa shape index (κ2) is 5.96. The summed E-state index contributed by atoms with van der Waals surface area (Å²) in [5.74, 6) is -2.87. The molecule has 0 unspecified atom stereocenters. The van der Waals surface area contributed by atoms with E-state index in [9.17, 15) is 17.6 Å². The molecule has 1 aromatic heterocycles. The van der Waals surface area contributed by atoms with Crippen molar-refractivity contribution < 1.29 is 27.1 Å². The van der Waals surface area contributed by atoms with Crippen LogP contribution in [0.4, 0.5) is 4.39 Å². The zero-order valence-corrected chi connectivity index (χ0v) is 12.7. The fourth-order valence-electron chi connectivity index (χ4n) is 1.56. The van der Waals surface area contributed by atoms with Gasteiger partial charge in [0, 0.05) is 16.6 Å². The number of carboxylic acids is 1. The second-order valence-electron chi connectivity index (χ2n) is 4.03. The van der Waals surface area contributed by atoms with Gasteiger partial charge in [0.1, 0.15) is 4.90 Å². The van der Waals surface area contributed by atoms with Crippen LogP contribution < -0.4 is 4.72 Å². The first-order valence-corrected chi connectivity index (χ1v) is 7.82. The molecular weight excluding hydrogens is 369 g/mol. The van der Waals surface area contributed by atoms with Crippen LogP contribution in [0.3, 0.4) is 0 Å². The molecular formula is C12H9BrFNO5S. The van der Waals surface area contributed by atoms with Gasteiger partial charge in [-0.05, 0) is 18.2 Å². The molecule has 6 nitrogen and oxygen atoms in total. The van der Waals surface area contributed by atoms with E-state index < -0.39 is 32.3 Å². The number of nitrogens with one attached hydrogen (secondary N) is 1.